The monoisotopic (exact) mass is 293 g/mol. The number of hydrogen-bond donors (Lipinski definition) is 1. The summed E-state index contributed by atoms with van der Waals surface area (Å²) in [5, 5.41) is 9.69. The number of amides is 1. The molecule has 116 valence electrons. The van der Waals surface area contributed by atoms with E-state index in [2.05, 4.69) is 4.99 Å². The molecule has 1 N–H and O–H groups in total. The lowest BCUT2D eigenvalue weighted by Gasteiger charge is -2.32. The fourth-order valence-electron chi connectivity index (χ4n) is 2.27. The van der Waals surface area contributed by atoms with E-state index >= 15 is 0 Å². The molecule has 6 heteroatoms. The first-order valence-electron chi connectivity index (χ1n) is 7.24. The topological polar surface area (TPSA) is 67.1 Å². The zero-order chi connectivity index (χ0) is 15.5. The Morgan fingerprint density at radius 2 is 2.19 bits per heavy atom. The van der Waals surface area contributed by atoms with Crippen LogP contribution in [-0.4, -0.2) is 45.7 Å². The van der Waals surface area contributed by atoms with Crippen molar-refractivity contribution in [1.82, 2.24) is 9.63 Å². The Morgan fingerprint density at radius 3 is 2.86 bits per heavy atom. The molecule has 0 unspecified atom stereocenters. The lowest BCUT2D eigenvalue weighted by molar-refractivity contribution is 0.0199. The molecule has 0 radical (unpaired) electrons. The molecule has 2 rings (SSSR count). The number of hydrogen-bond acceptors (Lipinski definition) is 4. The van der Waals surface area contributed by atoms with Crippen molar-refractivity contribution in [2.24, 2.45) is 4.99 Å². The van der Waals surface area contributed by atoms with Crippen LogP contribution in [0.25, 0.3) is 0 Å². The van der Waals surface area contributed by atoms with Crippen molar-refractivity contribution < 1.29 is 14.7 Å². The third kappa shape index (κ3) is 4.51. The molecule has 1 saturated heterocycles. The van der Waals surface area contributed by atoms with Gasteiger partial charge in [-0.05, 0) is 45.7 Å². The first kappa shape index (κ1) is 15.4. The van der Waals surface area contributed by atoms with Gasteiger partial charge in [-0.25, -0.2) is 4.79 Å². The van der Waals surface area contributed by atoms with Crippen LogP contribution < -0.4 is 5.49 Å². The number of aromatic nitrogens is 1. The van der Waals surface area contributed by atoms with Crippen LogP contribution in [0.4, 0.5) is 4.79 Å². The highest BCUT2D eigenvalue weighted by atomic mass is 16.6. The van der Waals surface area contributed by atoms with Crippen molar-refractivity contribution in [3.8, 4) is 0 Å². The first-order chi connectivity index (χ1) is 9.85. The minimum atomic E-state index is -0.491. The fourth-order valence-corrected chi connectivity index (χ4v) is 2.27. The predicted octanol–water partition coefficient (Wildman–Crippen LogP) is 2.03. The van der Waals surface area contributed by atoms with Gasteiger partial charge in [-0.3, -0.25) is 4.99 Å². The van der Waals surface area contributed by atoms with Gasteiger partial charge in [0.05, 0.1) is 6.04 Å². The third-order valence-electron chi connectivity index (χ3n) is 3.18. The van der Waals surface area contributed by atoms with E-state index in [9.17, 15) is 10.0 Å². The standard InChI is InChI=1S/C15H23N3O3/c1-15(2,3)21-14(19)17-9-6-7-12(11-17)16-13-8-4-5-10-18(13)20/h4-5,8,10,12,20H,6-7,9,11H2,1-3H3/t12-/m1/s1. The Morgan fingerprint density at radius 1 is 1.43 bits per heavy atom. The second-order valence-corrected chi connectivity index (χ2v) is 6.25. The maximum atomic E-state index is 12.1. The van der Waals surface area contributed by atoms with Crippen LogP contribution >= 0.6 is 0 Å². The molecule has 1 atom stereocenters. The van der Waals surface area contributed by atoms with Crippen molar-refractivity contribution in [3.63, 3.8) is 0 Å². The molecule has 1 amide bonds. The first-order valence-corrected chi connectivity index (χ1v) is 7.24. The van der Waals surface area contributed by atoms with E-state index in [1.165, 1.54) is 6.20 Å². The molecule has 6 nitrogen and oxygen atoms in total. The molecule has 1 aliphatic rings. The zero-order valence-electron chi connectivity index (χ0n) is 12.8. The van der Waals surface area contributed by atoms with Gasteiger partial charge in [0.25, 0.3) is 0 Å². The van der Waals surface area contributed by atoms with E-state index in [-0.39, 0.29) is 12.1 Å². The van der Waals surface area contributed by atoms with Crippen LogP contribution in [0.2, 0.25) is 0 Å². The van der Waals surface area contributed by atoms with E-state index in [1.807, 2.05) is 26.8 Å². The number of nitrogens with zero attached hydrogens (tertiary/aromatic N) is 3. The van der Waals surface area contributed by atoms with Crippen molar-refractivity contribution in [1.29, 1.82) is 0 Å². The molecule has 2 heterocycles. The van der Waals surface area contributed by atoms with Crippen LogP contribution in [0.15, 0.2) is 29.4 Å². The van der Waals surface area contributed by atoms with Crippen LogP contribution in [0.3, 0.4) is 0 Å². The highest BCUT2D eigenvalue weighted by Crippen LogP contribution is 2.16. The number of rotatable bonds is 1. The van der Waals surface area contributed by atoms with Gasteiger partial charge in [0.2, 0.25) is 0 Å². The Balaban J connectivity index is 2.06. The molecule has 0 spiro atoms. The highest BCUT2D eigenvalue weighted by molar-refractivity contribution is 5.68. The van der Waals surface area contributed by atoms with Gasteiger partial charge < -0.3 is 14.8 Å². The van der Waals surface area contributed by atoms with Crippen LogP contribution in [0, 0.1) is 0 Å². The average molecular weight is 293 g/mol. The van der Waals surface area contributed by atoms with Crippen molar-refractivity contribution in [2.75, 3.05) is 13.1 Å². The summed E-state index contributed by atoms with van der Waals surface area (Å²) in [6.45, 7) is 6.78. The molecular weight excluding hydrogens is 270 g/mol. The molecule has 0 aliphatic carbocycles. The van der Waals surface area contributed by atoms with Gasteiger partial charge in [-0.15, -0.1) is 0 Å². The van der Waals surface area contributed by atoms with Crippen molar-refractivity contribution in [3.05, 3.63) is 29.9 Å². The molecule has 1 fully saturated rings. The van der Waals surface area contributed by atoms with Crippen LogP contribution in [-0.2, 0) is 4.74 Å². The minimum absolute atomic E-state index is 0.0212. The summed E-state index contributed by atoms with van der Waals surface area (Å²) < 4.78 is 6.38. The molecule has 21 heavy (non-hydrogen) atoms. The molecular formula is C15H23N3O3. The summed E-state index contributed by atoms with van der Waals surface area (Å²) in [4.78, 5) is 18.3. The molecule has 1 aromatic rings. The average Bonchev–Trinajstić information content (AvgIpc) is 2.40. The van der Waals surface area contributed by atoms with Crippen LogP contribution in [0.1, 0.15) is 33.6 Å². The molecule has 1 aromatic heterocycles. The zero-order valence-corrected chi connectivity index (χ0v) is 12.8. The van der Waals surface area contributed by atoms with E-state index < -0.39 is 5.60 Å². The second kappa shape index (κ2) is 6.20. The second-order valence-electron chi connectivity index (χ2n) is 6.25. The SMILES string of the molecule is CC(C)(C)OC(=O)N1CCC[C@@H](N=c2ccccn2O)C1. The van der Waals surface area contributed by atoms with Gasteiger partial charge in [-0.2, -0.15) is 4.73 Å². The van der Waals surface area contributed by atoms with Crippen LogP contribution in [0.5, 0.6) is 0 Å². The summed E-state index contributed by atoms with van der Waals surface area (Å²) in [6.07, 6.45) is 3.01. The summed E-state index contributed by atoms with van der Waals surface area (Å²) in [6, 6.07) is 5.27. The Hall–Kier alpha value is -1.98. The fraction of sp³-hybridized carbons (Fsp3) is 0.600. The maximum Gasteiger partial charge on any atom is 0.410 e. The number of pyridine rings is 1. The van der Waals surface area contributed by atoms with E-state index in [4.69, 9.17) is 4.74 Å². The normalized spacial score (nSPS) is 20.4. The Kier molecular flexibility index (Phi) is 4.55. The van der Waals surface area contributed by atoms with E-state index in [0.717, 1.165) is 17.6 Å². The van der Waals surface area contributed by atoms with Gasteiger partial charge in [0.15, 0.2) is 5.49 Å². The largest absolute Gasteiger partial charge is 0.444 e. The summed E-state index contributed by atoms with van der Waals surface area (Å²) in [5.74, 6) is 0. The molecule has 0 saturated carbocycles. The van der Waals surface area contributed by atoms with Crippen molar-refractivity contribution in [2.45, 2.75) is 45.3 Å². The van der Waals surface area contributed by atoms with Gasteiger partial charge in [0.1, 0.15) is 5.60 Å². The number of piperidine rings is 1. The molecule has 0 aromatic carbocycles. The quantitative estimate of drug-likeness (QED) is 0.806. The van der Waals surface area contributed by atoms with Gasteiger partial charge >= 0.3 is 6.09 Å². The lowest BCUT2D eigenvalue weighted by Crippen LogP contribution is -2.44. The summed E-state index contributed by atoms with van der Waals surface area (Å²) in [5.41, 5.74) is 0.00267. The number of carbonyl (C=O) groups is 1. The number of ether oxygens (including phenoxy) is 1. The Labute approximate surface area is 124 Å². The molecule has 1 aliphatic heterocycles. The third-order valence-corrected chi connectivity index (χ3v) is 3.18. The predicted molar refractivity (Wildman–Crippen MR) is 78.0 cm³/mol. The number of likely N-dealkylation sites (tertiary alicyclic amines) is 1. The van der Waals surface area contributed by atoms with Gasteiger partial charge in [-0.1, -0.05) is 6.07 Å². The maximum absolute atomic E-state index is 12.1. The lowest BCUT2D eigenvalue weighted by atomic mass is 10.1. The highest BCUT2D eigenvalue weighted by Gasteiger charge is 2.27. The number of carbonyl (C=O) groups excluding carboxylic acids is 1. The Bertz CT molecular complexity index is 560. The van der Waals surface area contributed by atoms with E-state index in [0.29, 0.717) is 18.6 Å². The van der Waals surface area contributed by atoms with Gasteiger partial charge in [0, 0.05) is 19.3 Å². The molecule has 0 bridgehead atoms. The summed E-state index contributed by atoms with van der Waals surface area (Å²) in [7, 11) is 0. The summed E-state index contributed by atoms with van der Waals surface area (Å²) >= 11 is 0. The van der Waals surface area contributed by atoms with E-state index in [1.54, 1.807) is 17.0 Å². The minimum Gasteiger partial charge on any atom is -0.444 e. The van der Waals surface area contributed by atoms with Crippen molar-refractivity contribution >= 4 is 6.09 Å². The smallest absolute Gasteiger partial charge is 0.410 e.